The zero-order valence-electron chi connectivity index (χ0n) is 12.7. The predicted octanol–water partition coefficient (Wildman–Crippen LogP) is 4.50. The minimum absolute atomic E-state index is 0.354. The van der Waals surface area contributed by atoms with E-state index < -0.39 is 0 Å². The molecular formula is C17H27N. The summed E-state index contributed by atoms with van der Waals surface area (Å²) in [6.07, 6.45) is 4.27. The fourth-order valence-corrected chi connectivity index (χ4v) is 3.39. The SMILES string of the molecule is CC(C)(C)C1Cc2cccnc2CC1C(C)(C)C. The molecule has 0 aliphatic heterocycles. The van der Waals surface area contributed by atoms with Crippen molar-refractivity contribution in [3.63, 3.8) is 0 Å². The summed E-state index contributed by atoms with van der Waals surface area (Å²) in [6, 6.07) is 4.34. The first kappa shape index (κ1) is 13.6. The van der Waals surface area contributed by atoms with Crippen LogP contribution in [0.4, 0.5) is 0 Å². The van der Waals surface area contributed by atoms with Crippen LogP contribution < -0.4 is 0 Å². The van der Waals surface area contributed by atoms with E-state index in [1.54, 1.807) is 0 Å². The van der Waals surface area contributed by atoms with Gasteiger partial charge in [-0.3, -0.25) is 4.98 Å². The first-order valence-corrected chi connectivity index (χ1v) is 7.12. The molecule has 0 N–H and O–H groups in total. The van der Waals surface area contributed by atoms with Crippen molar-refractivity contribution in [2.45, 2.75) is 54.4 Å². The summed E-state index contributed by atoms with van der Waals surface area (Å²) in [5.41, 5.74) is 3.52. The number of nitrogens with zero attached hydrogens (tertiary/aromatic N) is 1. The van der Waals surface area contributed by atoms with Crippen LogP contribution in [0, 0.1) is 22.7 Å². The normalized spacial score (nSPS) is 24.8. The van der Waals surface area contributed by atoms with Gasteiger partial charge in [-0.25, -0.2) is 0 Å². The zero-order chi connectivity index (χ0) is 13.6. The van der Waals surface area contributed by atoms with Gasteiger partial charge in [-0.2, -0.15) is 0 Å². The van der Waals surface area contributed by atoms with Gasteiger partial charge in [0.05, 0.1) is 0 Å². The van der Waals surface area contributed by atoms with Crippen LogP contribution in [0.25, 0.3) is 0 Å². The molecule has 0 spiro atoms. The molecule has 100 valence electrons. The maximum atomic E-state index is 4.60. The second-order valence-corrected chi connectivity index (χ2v) is 7.96. The van der Waals surface area contributed by atoms with Crippen molar-refractivity contribution in [3.8, 4) is 0 Å². The molecule has 2 unspecified atom stereocenters. The minimum Gasteiger partial charge on any atom is -0.261 e. The highest BCUT2D eigenvalue weighted by Crippen LogP contribution is 2.47. The highest BCUT2D eigenvalue weighted by molar-refractivity contribution is 5.25. The molecule has 0 amide bonds. The monoisotopic (exact) mass is 245 g/mol. The molecule has 0 radical (unpaired) electrons. The Morgan fingerprint density at radius 2 is 1.50 bits per heavy atom. The third-order valence-electron chi connectivity index (χ3n) is 4.55. The van der Waals surface area contributed by atoms with E-state index in [0.29, 0.717) is 10.8 Å². The Labute approximate surface area is 112 Å². The van der Waals surface area contributed by atoms with Crippen LogP contribution in [0.5, 0.6) is 0 Å². The molecule has 2 atom stereocenters. The van der Waals surface area contributed by atoms with Crippen molar-refractivity contribution < 1.29 is 0 Å². The molecule has 1 aliphatic rings. The van der Waals surface area contributed by atoms with E-state index in [-0.39, 0.29) is 0 Å². The summed E-state index contributed by atoms with van der Waals surface area (Å²) in [4.78, 5) is 4.60. The number of rotatable bonds is 0. The van der Waals surface area contributed by atoms with Gasteiger partial charge in [0.25, 0.3) is 0 Å². The molecule has 0 fully saturated rings. The van der Waals surface area contributed by atoms with E-state index in [4.69, 9.17) is 0 Å². The summed E-state index contributed by atoms with van der Waals surface area (Å²) in [5.74, 6) is 1.47. The van der Waals surface area contributed by atoms with E-state index in [1.807, 2.05) is 6.20 Å². The van der Waals surface area contributed by atoms with Crippen molar-refractivity contribution in [1.29, 1.82) is 0 Å². The van der Waals surface area contributed by atoms with E-state index in [2.05, 4.69) is 58.7 Å². The standard InChI is InChI=1S/C17H27N/c1-16(2,3)13-10-12-8-7-9-18-15(12)11-14(13)17(4,5)6/h7-9,13-14H,10-11H2,1-6H3. The van der Waals surface area contributed by atoms with Gasteiger partial charge in [0, 0.05) is 11.9 Å². The van der Waals surface area contributed by atoms with Gasteiger partial charge in [-0.15, -0.1) is 0 Å². The third-order valence-corrected chi connectivity index (χ3v) is 4.55. The average molecular weight is 245 g/mol. The van der Waals surface area contributed by atoms with Crippen molar-refractivity contribution >= 4 is 0 Å². The lowest BCUT2D eigenvalue weighted by molar-refractivity contribution is 0.0614. The van der Waals surface area contributed by atoms with Crippen molar-refractivity contribution in [2.75, 3.05) is 0 Å². The van der Waals surface area contributed by atoms with Crippen LogP contribution in [0.15, 0.2) is 18.3 Å². The lowest BCUT2D eigenvalue weighted by atomic mass is 9.58. The number of aromatic nitrogens is 1. The number of pyridine rings is 1. The van der Waals surface area contributed by atoms with Crippen molar-refractivity contribution in [3.05, 3.63) is 29.6 Å². The molecule has 2 rings (SSSR count). The van der Waals surface area contributed by atoms with Crippen LogP contribution in [-0.2, 0) is 12.8 Å². The first-order chi connectivity index (χ1) is 8.19. The van der Waals surface area contributed by atoms with Crippen LogP contribution in [0.3, 0.4) is 0 Å². The van der Waals surface area contributed by atoms with Gasteiger partial charge >= 0.3 is 0 Å². The first-order valence-electron chi connectivity index (χ1n) is 7.12. The Morgan fingerprint density at radius 1 is 0.944 bits per heavy atom. The van der Waals surface area contributed by atoms with Crippen LogP contribution in [0.1, 0.15) is 52.8 Å². The summed E-state index contributed by atoms with van der Waals surface area (Å²) in [5, 5.41) is 0. The lowest BCUT2D eigenvalue weighted by Gasteiger charge is -2.46. The van der Waals surface area contributed by atoms with Crippen LogP contribution in [-0.4, -0.2) is 4.98 Å². The van der Waals surface area contributed by atoms with Gasteiger partial charge in [0.1, 0.15) is 0 Å². The summed E-state index contributed by atoms with van der Waals surface area (Å²) in [7, 11) is 0. The number of fused-ring (bicyclic) bond motifs is 1. The molecule has 18 heavy (non-hydrogen) atoms. The largest absolute Gasteiger partial charge is 0.261 e. The Balaban J connectivity index is 2.40. The molecule has 1 aromatic heterocycles. The van der Waals surface area contributed by atoms with Gasteiger partial charge in [-0.05, 0) is 47.1 Å². The Hall–Kier alpha value is -0.850. The Morgan fingerprint density at radius 3 is 2.06 bits per heavy atom. The second-order valence-electron chi connectivity index (χ2n) is 7.96. The van der Waals surface area contributed by atoms with Crippen LogP contribution >= 0.6 is 0 Å². The fraction of sp³-hybridized carbons (Fsp3) is 0.706. The zero-order valence-corrected chi connectivity index (χ0v) is 12.7. The highest BCUT2D eigenvalue weighted by Gasteiger charge is 2.41. The van der Waals surface area contributed by atoms with E-state index >= 15 is 0 Å². The van der Waals surface area contributed by atoms with Gasteiger partial charge in [-0.1, -0.05) is 47.6 Å². The minimum atomic E-state index is 0.354. The van der Waals surface area contributed by atoms with Crippen LogP contribution in [0.2, 0.25) is 0 Å². The molecule has 0 bridgehead atoms. The van der Waals surface area contributed by atoms with Gasteiger partial charge < -0.3 is 0 Å². The smallest absolute Gasteiger partial charge is 0.0438 e. The molecule has 1 aliphatic carbocycles. The van der Waals surface area contributed by atoms with Crippen molar-refractivity contribution in [1.82, 2.24) is 4.98 Å². The number of hydrogen-bond donors (Lipinski definition) is 0. The topological polar surface area (TPSA) is 12.9 Å². The molecule has 1 aromatic rings. The highest BCUT2D eigenvalue weighted by atomic mass is 14.7. The predicted molar refractivity (Wildman–Crippen MR) is 77.5 cm³/mol. The Bertz CT molecular complexity index is 379. The molecule has 1 heteroatoms. The molecular weight excluding hydrogens is 218 g/mol. The average Bonchev–Trinajstić information content (AvgIpc) is 2.25. The summed E-state index contributed by atoms with van der Waals surface area (Å²) < 4.78 is 0. The van der Waals surface area contributed by atoms with Gasteiger partial charge in [0.2, 0.25) is 0 Å². The summed E-state index contributed by atoms with van der Waals surface area (Å²) in [6.45, 7) is 14.3. The van der Waals surface area contributed by atoms with E-state index in [9.17, 15) is 0 Å². The maximum absolute atomic E-state index is 4.60. The lowest BCUT2D eigenvalue weighted by Crippen LogP contribution is -2.41. The third kappa shape index (κ3) is 2.60. The molecule has 0 saturated carbocycles. The Kier molecular flexibility index (Phi) is 3.29. The quantitative estimate of drug-likeness (QED) is 0.655. The maximum Gasteiger partial charge on any atom is 0.0438 e. The molecule has 0 aromatic carbocycles. The number of hydrogen-bond acceptors (Lipinski definition) is 1. The van der Waals surface area contributed by atoms with E-state index in [0.717, 1.165) is 18.3 Å². The van der Waals surface area contributed by atoms with E-state index in [1.165, 1.54) is 17.7 Å². The molecule has 1 heterocycles. The summed E-state index contributed by atoms with van der Waals surface area (Å²) >= 11 is 0. The molecule has 0 saturated heterocycles. The molecule has 1 nitrogen and oxygen atoms in total. The van der Waals surface area contributed by atoms with Gasteiger partial charge in [0.15, 0.2) is 0 Å². The van der Waals surface area contributed by atoms with Crippen molar-refractivity contribution in [2.24, 2.45) is 22.7 Å². The second kappa shape index (κ2) is 4.36. The fourth-order valence-electron chi connectivity index (χ4n) is 3.39.